The van der Waals surface area contributed by atoms with E-state index in [1.807, 2.05) is 0 Å². The maximum atomic E-state index is 3.62. The van der Waals surface area contributed by atoms with Crippen LogP contribution in [0.4, 0.5) is 5.69 Å². The molecule has 2 heterocycles. The van der Waals surface area contributed by atoms with Crippen molar-refractivity contribution in [1.29, 1.82) is 0 Å². The highest BCUT2D eigenvalue weighted by molar-refractivity contribution is 5.46. The van der Waals surface area contributed by atoms with Gasteiger partial charge in [0.25, 0.3) is 0 Å². The van der Waals surface area contributed by atoms with Crippen LogP contribution in [0.2, 0.25) is 0 Å². The van der Waals surface area contributed by atoms with Crippen molar-refractivity contribution >= 4 is 5.69 Å². The lowest BCUT2D eigenvalue weighted by atomic mass is 9.88. The summed E-state index contributed by atoms with van der Waals surface area (Å²) in [6, 6.07) is 20.0. The summed E-state index contributed by atoms with van der Waals surface area (Å²) in [4.78, 5) is 5.18. The predicted molar refractivity (Wildman–Crippen MR) is 105 cm³/mol. The number of para-hydroxylation sites is 1. The van der Waals surface area contributed by atoms with E-state index >= 15 is 0 Å². The Morgan fingerprint density at radius 1 is 0.880 bits per heavy atom. The standard InChI is InChI=1S/C22H29N3/c1-18-7-9-19(10-8-18)22-16-23-15-20(22)17-24-11-13-25(14-12-24)21-5-3-2-4-6-21/h2-10,20,22-23H,11-17H2,1H3. The first-order valence-corrected chi connectivity index (χ1v) is 9.59. The number of aryl methyl sites for hydroxylation is 1. The van der Waals surface area contributed by atoms with Gasteiger partial charge in [0.15, 0.2) is 0 Å². The minimum Gasteiger partial charge on any atom is -0.369 e. The molecule has 0 amide bonds. The lowest BCUT2D eigenvalue weighted by Crippen LogP contribution is -2.48. The van der Waals surface area contributed by atoms with Crippen LogP contribution in [0, 0.1) is 12.8 Å². The van der Waals surface area contributed by atoms with E-state index in [0.717, 1.165) is 32.1 Å². The molecule has 0 bridgehead atoms. The zero-order valence-electron chi connectivity index (χ0n) is 15.2. The molecular weight excluding hydrogens is 306 g/mol. The summed E-state index contributed by atoms with van der Waals surface area (Å²) in [6.07, 6.45) is 0. The number of anilines is 1. The van der Waals surface area contributed by atoms with Gasteiger partial charge in [-0.3, -0.25) is 4.90 Å². The van der Waals surface area contributed by atoms with Crippen LogP contribution in [0.5, 0.6) is 0 Å². The van der Waals surface area contributed by atoms with E-state index < -0.39 is 0 Å². The Bertz CT molecular complexity index is 659. The smallest absolute Gasteiger partial charge is 0.0367 e. The van der Waals surface area contributed by atoms with Gasteiger partial charge in [-0.25, -0.2) is 0 Å². The average molecular weight is 335 g/mol. The van der Waals surface area contributed by atoms with Gasteiger partial charge in [-0.05, 0) is 37.1 Å². The molecule has 0 aromatic heterocycles. The molecule has 3 nitrogen and oxygen atoms in total. The van der Waals surface area contributed by atoms with Gasteiger partial charge in [-0.2, -0.15) is 0 Å². The summed E-state index contributed by atoms with van der Waals surface area (Å²) in [7, 11) is 0. The van der Waals surface area contributed by atoms with Gasteiger partial charge in [0.1, 0.15) is 0 Å². The molecular formula is C22H29N3. The maximum Gasteiger partial charge on any atom is 0.0367 e. The molecule has 3 heteroatoms. The van der Waals surface area contributed by atoms with Gasteiger partial charge >= 0.3 is 0 Å². The molecule has 2 fully saturated rings. The lowest BCUT2D eigenvalue weighted by molar-refractivity contribution is 0.217. The number of hydrogen-bond donors (Lipinski definition) is 1. The fourth-order valence-electron chi connectivity index (χ4n) is 4.29. The molecule has 2 aliphatic rings. The van der Waals surface area contributed by atoms with Crippen LogP contribution in [0.25, 0.3) is 0 Å². The third-order valence-corrected chi connectivity index (χ3v) is 5.83. The number of piperazine rings is 1. The van der Waals surface area contributed by atoms with Crippen LogP contribution in [0.15, 0.2) is 54.6 Å². The van der Waals surface area contributed by atoms with Crippen molar-refractivity contribution in [2.45, 2.75) is 12.8 Å². The van der Waals surface area contributed by atoms with Crippen molar-refractivity contribution < 1.29 is 0 Å². The Morgan fingerprint density at radius 3 is 2.32 bits per heavy atom. The first-order valence-electron chi connectivity index (χ1n) is 9.59. The molecule has 0 saturated carbocycles. The highest BCUT2D eigenvalue weighted by Crippen LogP contribution is 2.29. The van der Waals surface area contributed by atoms with Crippen LogP contribution >= 0.6 is 0 Å². The van der Waals surface area contributed by atoms with Crippen molar-refractivity contribution in [3.63, 3.8) is 0 Å². The summed E-state index contributed by atoms with van der Waals surface area (Å²) in [5, 5.41) is 3.62. The number of rotatable bonds is 4. The zero-order valence-corrected chi connectivity index (χ0v) is 15.2. The van der Waals surface area contributed by atoms with Gasteiger partial charge in [0, 0.05) is 50.9 Å². The Kier molecular flexibility index (Phi) is 5.04. The number of nitrogens with one attached hydrogen (secondary N) is 1. The van der Waals surface area contributed by atoms with E-state index in [2.05, 4.69) is 76.6 Å². The predicted octanol–water partition coefficient (Wildman–Crippen LogP) is 3.12. The molecule has 25 heavy (non-hydrogen) atoms. The van der Waals surface area contributed by atoms with Crippen molar-refractivity contribution in [2.24, 2.45) is 5.92 Å². The van der Waals surface area contributed by atoms with Gasteiger partial charge in [0.2, 0.25) is 0 Å². The zero-order chi connectivity index (χ0) is 17.1. The molecule has 2 unspecified atom stereocenters. The van der Waals surface area contributed by atoms with Gasteiger partial charge in [-0.15, -0.1) is 0 Å². The minimum absolute atomic E-state index is 0.660. The number of hydrogen-bond acceptors (Lipinski definition) is 3. The third-order valence-electron chi connectivity index (χ3n) is 5.83. The molecule has 4 rings (SSSR count). The monoisotopic (exact) mass is 335 g/mol. The van der Waals surface area contributed by atoms with Gasteiger partial charge < -0.3 is 10.2 Å². The number of benzene rings is 2. The van der Waals surface area contributed by atoms with Crippen LogP contribution < -0.4 is 10.2 Å². The summed E-state index contributed by atoms with van der Waals surface area (Å²) in [5.74, 6) is 1.39. The minimum atomic E-state index is 0.660. The van der Waals surface area contributed by atoms with E-state index in [1.54, 1.807) is 0 Å². The third kappa shape index (κ3) is 3.88. The Hall–Kier alpha value is -1.84. The highest BCUT2D eigenvalue weighted by atomic mass is 15.3. The summed E-state index contributed by atoms with van der Waals surface area (Å²) in [6.45, 7) is 10.3. The highest BCUT2D eigenvalue weighted by Gasteiger charge is 2.30. The largest absolute Gasteiger partial charge is 0.369 e. The Labute approximate surface area is 151 Å². The van der Waals surface area contributed by atoms with Gasteiger partial charge in [-0.1, -0.05) is 48.0 Å². The normalized spacial score (nSPS) is 24.6. The number of nitrogens with zero attached hydrogens (tertiary/aromatic N) is 2. The lowest BCUT2D eigenvalue weighted by Gasteiger charge is -2.38. The second kappa shape index (κ2) is 7.59. The van der Waals surface area contributed by atoms with Crippen LogP contribution in [0.1, 0.15) is 17.0 Å². The van der Waals surface area contributed by atoms with Crippen molar-refractivity contribution in [1.82, 2.24) is 10.2 Å². The molecule has 2 aromatic rings. The van der Waals surface area contributed by atoms with Crippen LogP contribution in [0.3, 0.4) is 0 Å². The molecule has 2 aliphatic heterocycles. The second-order valence-corrected chi connectivity index (χ2v) is 7.56. The van der Waals surface area contributed by atoms with Crippen LogP contribution in [-0.2, 0) is 0 Å². The van der Waals surface area contributed by atoms with Crippen LogP contribution in [-0.4, -0.2) is 50.7 Å². The fourth-order valence-corrected chi connectivity index (χ4v) is 4.29. The van der Waals surface area contributed by atoms with E-state index in [1.165, 1.54) is 36.4 Å². The Balaban J connectivity index is 1.34. The second-order valence-electron chi connectivity index (χ2n) is 7.56. The van der Waals surface area contributed by atoms with Gasteiger partial charge in [0.05, 0.1) is 0 Å². The summed E-state index contributed by atoms with van der Waals surface area (Å²) in [5.41, 5.74) is 4.22. The van der Waals surface area contributed by atoms with E-state index in [0.29, 0.717) is 5.92 Å². The van der Waals surface area contributed by atoms with E-state index in [4.69, 9.17) is 0 Å². The molecule has 2 atom stereocenters. The molecule has 0 radical (unpaired) electrons. The topological polar surface area (TPSA) is 18.5 Å². The molecule has 2 aromatic carbocycles. The van der Waals surface area contributed by atoms with E-state index in [9.17, 15) is 0 Å². The molecule has 132 valence electrons. The first kappa shape index (κ1) is 16.6. The molecule has 1 N–H and O–H groups in total. The molecule has 0 aliphatic carbocycles. The average Bonchev–Trinajstić information content (AvgIpc) is 3.12. The molecule has 2 saturated heterocycles. The van der Waals surface area contributed by atoms with Crippen molar-refractivity contribution in [2.75, 3.05) is 50.7 Å². The van der Waals surface area contributed by atoms with Crippen molar-refractivity contribution in [3.05, 3.63) is 65.7 Å². The summed E-state index contributed by atoms with van der Waals surface area (Å²) >= 11 is 0. The SMILES string of the molecule is Cc1ccc(C2CNCC2CN2CCN(c3ccccc3)CC2)cc1. The maximum absolute atomic E-state index is 3.62. The fraction of sp³-hybridized carbons (Fsp3) is 0.455. The quantitative estimate of drug-likeness (QED) is 0.926. The summed E-state index contributed by atoms with van der Waals surface area (Å²) < 4.78 is 0. The Morgan fingerprint density at radius 2 is 1.60 bits per heavy atom. The molecule has 0 spiro atoms. The van der Waals surface area contributed by atoms with E-state index in [-0.39, 0.29) is 0 Å². The first-order chi connectivity index (χ1) is 12.3. The van der Waals surface area contributed by atoms with Crippen molar-refractivity contribution in [3.8, 4) is 0 Å².